The van der Waals surface area contributed by atoms with E-state index in [-0.39, 0.29) is 23.4 Å². The zero-order valence-electron chi connectivity index (χ0n) is 10.9. The summed E-state index contributed by atoms with van der Waals surface area (Å²) in [6.07, 6.45) is 0. The van der Waals surface area contributed by atoms with Gasteiger partial charge in [-0.1, -0.05) is 6.07 Å². The van der Waals surface area contributed by atoms with Gasteiger partial charge in [-0.15, -0.1) is 0 Å². The van der Waals surface area contributed by atoms with Crippen LogP contribution in [0.3, 0.4) is 0 Å². The minimum atomic E-state index is -1.30. The van der Waals surface area contributed by atoms with Gasteiger partial charge in [0.1, 0.15) is 0 Å². The van der Waals surface area contributed by atoms with Crippen LogP contribution in [-0.4, -0.2) is 30.8 Å². The summed E-state index contributed by atoms with van der Waals surface area (Å²) in [7, 11) is 1.34. The molecule has 1 aromatic carbocycles. The lowest BCUT2D eigenvalue weighted by Crippen LogP contribution is -2.46. The van der Waals surface area contributed by atoms with Crippen molar-refractivity contribution in [1.29, 1.82) is 0 Å². The predicted octanol–water partition coefficient (Wildman–Crippen LogP) is 1.30. The summed E-state index contributed by atoms with van der Waals surface area (Å²) in [6.45, 7) is -0.130. The number of ether oxygens (including phenoxy) is 1. The molecule has 0 bridgehead atoms. The number of carboxylic acid groups (broad SMARTS) is 1. The van der Waals surface area contributed by atoms with E-state index >= 15 is 0 Å². The van der Waals surface area contributed by atoms with E-state index in [0.717, 1.165) is 12.1 Å². The van der Waals surface area contributed by atoms with Crippen LogP contribution in [-0.2, 0) is 9.53 Å². The number of benzene rings is 1. The molecule has 2 amide bonds. The molecule has 21 heavy (non-hydrogen) atoms. The van der Waals surface area contributed by atoms with Crippen molar-refractivity contribution in [2.24, 2.45) is 0 Å². The van der Waals surface area contributed by atoms with Crippen LogP contribution in [0.4, 0.5) is 13.6 Å². The first-order chi connectivity index (χ1) is 9.93. The quantitative estimate of drug-likeness (QED) is 0.782. The first-order valence-electron chi connectivity index (χ1n) is 5.91. The Labute approximate surface area is 118 Å². The topological polar surface area (TPSA) is 87.7 Å². The molecule has 0 radical (unpaired) electrons. The van der Waals surface area contributed by atoms with Gasteiger partial charge in [0.15, 0.2) is 11.6 Å². The Bertz CT molecular complexity index is 631. The molecule has 0 unspecified atom stereocenters. The molecule has 0 saturated carbocycles. The van der Waals surface area contributed by atoms with Crippen molar-refractivity contribution >= 4 is 12.0 Å². The summed E-state index contributed by atoms with van der Waals surface area (Å²) < 4.78 is 31.1. The van der Waals surface area contributed by atoms with E-state index in [9.17, 15) is 23.5 Å². The van der Waals surface area contributed by atoms with Gasteiger partial charge in [0.2, 0.25) is 0 Å². The molecule has 1 atom stereocenters. The number of urea groups is 1. The summed E-state index contributed by atoms with van der Waals surface area (Å²) in [5.74, 6) is -3.49. The summed E-state index contributed by atoms with van der Waals surface area (Å²) in [5, 5.41) is 14.0. The largest absolute Gasteiger partial charge is 0.478 e. The Kier molecular flexibility index (Phi) is 4.18. The third-order valence-electron chi connectivity index (χ3n) is 2.95. The second-order valence-corrected chi connectivity index (χ2v) is 4.34. The Hall–Kier alpha value is -2.48. The molecule has 0 aromatic heterocycles. The Morgan fingerprint density at radius 2 is 2.10 bits per heavy atom. The van der Waals surface area contributed by atoms with E-state index in [0.29, 0.717) is 0 Å². The van der Waals surface area contributed by atoms with Gasteiger partial charge in [-0.25, -0.2) is 18.4 Å². The molecule has 0 spiro atoms. The predicted molar refractivity (Wildman–Crippen MR) is 67.3 cm³/mol. The summed E-state index contributed by atoms with van der Waals surface area (Å²) >= 11 is 0. The normalized spacial score (nSPS) is 18.2. The summed E-state index contributed by atoms with van der Waals surface area (Å²) in [5.41, 5.74) is -0.0132. The standard InChI is InChI=1S/C13H12F2N2O4/c1-21-5-9-10(12(18)19)11(17-13(20)16-9)6-2-3-7(14)8(15)4-6/h2-4,11H,5H2,1H3,(H,18,19)(H2,16,17,20)/t11-/m1/s1. The number of halogens is 2. The van der Waals surface area contributed by atoms with Crippen molar-refractivity contribution in [2.75, 3.05) is 13.7 Å². The summed E-state index contributed by atoms with van der Waals surface area (Å²) in [6, 6.07) is 1.17. The molecule has 2 rings (SSSR count). The average molecular weight is 298 g/mol. The van der Waals surface area contributed by atoms with Crippen molar-refractivity contribution in [3.8, 4) is 0 Å². The zero-order valence-corrected chi connectivity index (χ0v) is 10.9. The van der Waals surface area contributed by atoms with E-state index in [1.165, 1.54) is 13.2 Å². The van der Waals surface area contributed by atoms with Gasteiger partial charge in [0, 0.05) is 7.11 Å². The molecule has 1 heterocycles. The molecule has 0 saturated heterocycles. The SMILES string of the molecule is COCC1=C(C(=O)O)[C@@H](c2ccc(F)c(F)c2)NC(=O)N1. The van der Waals surface area contributed by atoms with Gasteiger partial charge in [-0.2, -0.15) is 0 Å². The molecule has 0 aliphatic carbocycles. The number of nitrogens with one attached hydrogen (secondary N) is 2. The Morgan fingerprint density at radius 3 is 2.67 bits per heavy atom. The van der Waals surface area contributed by atoms with Gasteiger partial charge >= 0.3 is 12.0 Å². The molecule has 3 N–H and O–H groups in total. The van der Waals surface area contributed by atoms with Crippen molar-refractivity contribution in [1.82, 2.24) is 10.6 Å². The molecule has 1 aliphatic heterocycles. The minimum absolute atomic E-state index is 0.0588. The molecule has 112 valence electrons. The lowest BCUT2D eigenvalue weighted by Gasteiger charge is -2.28. The van der Waals surface area contributed by atoms with Crippen LogP contribution in [0.15, 0.2) is 29.5 Å². The van der Waals surface area contributed by atoms with Crippen LogP contribution >= 0.6 is 0 Å². The fraction of sp³-hybridized carbons (Fsp3) is 0.231. The summed E-state index contributed by atoms with van der Waals surface area (Å²) in [4.78, 5) is 23.0. The van der Waals surface area contributed by atoms with E-state index in [2.05, 4.69) is 10.6 Å². The minimum Gasteiger partial charge on any atom is -0.478 e. The van der Waals surface area contributed by atoms with Crippen LogP contribution in [0.2, 0.25) is 0 Å². The highest BCUT2D eigenvalue weighted by molar-refractivity contribution is 5.93. The van der Waals surface area contributed by atoms with Gasteiger partial charge in [0.05, 0.1) is 23.9 Å². The molecule has 0 fully saturated rings. The number of carboxylic acids is 1. The van der Waals surface area contributed by atoms with Crippen molar-refractivity contribution in [3.63, 3.8) is 0 Å². The molecule has 1 aliphatic rings. The van der Waals surface area contributed by atoms with Gasteiger partial charge < -0.3 is 20.5 Å². The Morgan fingerprint density at radius 1 is 1.38 bits per heavy atom. The van der Waals surface area contributed by atoms with E-state index in [1.807, 2.05) is 0 Å². The van der Waals surface area contributed by atoms with E-state index < -0.39 is 29.7 Å². The third kappa shape index (κ3) is 3.00. The van der Waals surface area contributed by atoms with Crippen LogP contribution in [0.5, 0.6) is 0 Å². The maximum absolute atomic E-state index is 13.3. The van der Waals surface area contributed by atoms with Crippen molar-refractivity contribution in [3.05, 3.63) is 46.7 Å². The van der Waals surface area contributed by atoms with Crippen molar-refractivity contribution in [2.45, 2.75) is 6.04 Å². The lowest BCUT2D eigenvalue weighted by atomic mass is 9.95. The fourth-order valence-electron chi connectivity index (χ4n) is 2.07. The highest BCUT2D eigenvalue weighted by Crippen LogP contribution is 2.27. The van der Waals surface area contributed by atoms with Gasteiger partial charge in [-0.05, 0) is 17.7 Å². The maximum Gasteiger partial charge on any atom is 0.335 e. The van der Waals surface area contributed by atoms with Gasteiger partial charge in [-0.3, -0.25) is 0 Å². The average Bonchev–Trinajstić information content (AvgIpc) is 2.41. The van der Waals surface area contributed by atoms with E-state index in [4.69, 9.17) is 4.74 Å². The first kappa shape index (κ1) is 14.9. The molecular formula is C13H12F2N2O4. The second kappa shape index (κ2) is 5.88. The number of aliphatic carboxylic acids is 1. The molecule has 6 nitrogen and oxygen atoms in total. The van der Waals surface area contributed by atoms with Gasteiger partial charge in [0.25, 0.3) is 0 Å². The van der Waals surface area contributed by atoms with E-state index in [1.54, 1.807) is 0 Å². The number of carbonyl (C=O) groups excluding carboxylic acids is 1. The fourth-order valence-corrected chi connectivity index (χ4v) is 2.07. The van der Waals surface area contributed by atoms with Crippen molar-refractivity contribution < 1.29 is 28.2 Å². The monoisotopic (exact) mass is 298 g/mol. The third-order valence-corrected chi connectivity index (χ3v) is 2.95. The second-order valence-electron chi connectivity index (χ2n) is 4.34. The highest BCUT2D eigenvalue weighted by Gasteiger charge is 2.33. The highest BCUT2D eigenvalue weighted by atomic mass is 19.2. The van der Waals surface area contributed by atoms with Crippen LogP contribution in [0.1, 0.15) is 11.6 Å². The number of rotatable bonds is 4. The number of hydrogen-bond acceptors (Lipinski definition) is 3. The lowest BCUT2D eigenvalue weighted by molar-refractivity contribution is -0.133. The smallest absolute Gasteiger partial charge is 0.335 e. The van der Waals surface area contributed by atoms with Crippen LogP contribution in [0, 0.1) is 11.6 Å². The first-order valence-corrected chi connectivity index (χ1v) is 5.91. The molecule has 1 aromatic rings. The molecular weight excluding hydrogens is 286 g/mol. The number of amides is 2. The van der Waals surface area contributed by atoms with Crippen LogP contribution < -0.4 is 10.6 Å². The maximum atomic E-state index is 13.3. The Balaban J connectivity index is 2.52. The number of methoxy groups -OCH3 is 1. The zero-order chi connectivity index (χ0) is 15.6. The van der Waals surface area contributed by atoms with Crippen LogP contribution in [0.25, 0.3) is 0 Å². The number of carbonyl (C=O) groups is 2. The molecule has 8 heteroatoms. The number of hydrogen-bond donors (Lipinski definition) is 3.